The zero-order valence-electron chi connectivity index (χ0n) is 9.97. The van der Waals surface area contributed by atoms with Gasteiger partial charge in [0.05, 0.1) is 0 Å². The standard InChI is InChI=1S/C8H17N.C4H10/c1-8(2)9-6-4-3-5-7-9;1-3-4-2/h8H,3-7H2,1-2H3;3-4H2,1-2H3. The van der Waals surface area contributed by atoms with Gasteiger partial charge in [-0.1, -0.05) is 33.1 Å². The Bertz CT molecular complexity index is 91.3. The van der Waals surface area contributed by atoms with Crippen molar-refractivity contribution in [1.29, 1.82) is 0 Å². The van der Waals surface area contributed by atoms with E-state index in [2.05, 4.69) is 32.6 Å². The molecule has 0 amide bonds. The summed E-state index contributed by atoms with van der Waals surface area (Å²) in [4.78, 5) is 2.56. The van der Waals surface area contributed by atoms with Gasteiger partial charge >= 0.3 is 0 Å². The minimum Gasteiger partial charge on any atom is -0.301 e. The molecular formula is C12H27N. The van der Waals surface area contributed by atoms with Crippen molar-refractivity contribution in [2.45, 2.75) is 65.8 Å². The van der Waals surface area contributed by atoms with Crippen molar-refractivity contribution >= 4 is 0 Å². The SMILES string of the molecule is CC(C)N1CCCCC1.CCCC. The van der Waals surface area contributed by atoms with Crippen LogP contribution >= 0.6 is 0 Å². The quantitative estimate of drug-likeness (QED) is 0.634. The Labute approximate surface area is 84.5 Å². The predicted molar refractivity (Wildman–Crippen MR) is 61.1 cm³/mol. The average molecular weight is 185 g/mol. The van der Waals surface area contributed by atoms with Crippen LogP contribution in [0.5, 0.6) is 0 Å². The summed E-state index contributed by atoms with van der Waals surface area (Å²) < 4.78 is 0. The van der Waals surface area contributed by atoms with Gasteiger partial charge < -0.3 is 4.90 Å². The normalized spacial score (nSPS) is 18.2. The number of piperidine rings is 1. The molecule has 1 heteroatoms. The third-order valence-electron chi connectivity index (χ3n) is 2.62. The summed E-state index contributed by atoms with van der Waals surface area (Å²) >= 11 is 0. The zero-order valence-corrected chi connectivity index (χ0v) is 9.97. The lowest BCUT2D eigenvalue weighted by atomic mass is 10.1. The van der Waals surface area contributed by atoms with E-state index in [4.69, 9.17) is 0 Å². The summed E-state index contributed by atoms with van der Waals surface area (Å²) in [5.74, 6) is 0. The second-order valence-electron chi connectivity index (χ2n) is 4.19. The first-order valence-corrected chi connectivity index (χ1v) is 5.96. The largest absolute Gasteiger partial charge is 0.301 e. The molecule has 13 heavy (non-hydrogen) atoms. The van der Waals surface area contributed by atoms with Gasteiger partial charge in [0.2, 0.25) is 0 Å². The number of rotatable bonds is 2. The van der Waals surface area contributed by atoms with Gasteiger partial charge in [0.15, 0.2) is 0 Å². The summed E-state index contributed by atoms with van der Waals surface area (Å²) in [6.07, 6.45) is 6.92. The van der Waals surface area contributed by atoms with Gasteiger partial charge in [-0.2, -0.15) is 0 Å². The average Bonchev–Trinajstić information content (AvgIpc) is 2.19. The second kappa shape index (κ2) is 8.55. The Morgan fingerprint density at radius 3 is 1.62 bits per heavy atom. The van der Waals surface area contributed by atoms with Gasteiger partial charge in [-0.05, 0) is 39.8 Å². The third kappa shape index (κ3) is 7.06. The molecule has 0 N–H and O–H groups in total. The van der Waals surface area contributed by atoms with E-state index in [1.165, 1.54) is 45.2 Å². The van der Waals surface area contributed by atoms with Crippen LogP contribution in [0.1, 0.15) is 59.8 Å². The number of unbranched alkanes of at least 4 members (excludes halogenated alkanes) is 1. The molecule has 0 aliphatic carbocycles. The molecule has 0 saturated carbocycles. The molecule has 0 radical (unpaired) electrons. The van der Waals surface area contributed by atoms with E-state index in [9.17, 15) is 0 Å². The number of hydrogen-bond donors (Lipinski definition) is 0. The Morgan fingerprint density at radius 2 is 1.38 bits per heavy atom. The number of nitrogens with zero attached hydrogens (tertiary/aromatic N) is 1. The number of hydrogen-bond acceptors (Lipinski definition) is 1. The van der Waals surface area contributed by atoms with Crippen LogP contribution in [0.4, 0.5) is 0 Å². The highest BCUT2D eigenvalue weighted by atomic mass is 15.1. The highest BCUT2D eigenvalue weighted by Gasteiger charge is 2.11. The molecule has 0 atom stereocenters. The van der Waals surface area contributed by atoms with E-state index < -0.39 is 0 Å². The lowest BCUT2D eigenvalue weighted by molar-refractivity contribution is 0.185. The molecule has 0 aromatic rings. The van der Waals surface area contributed by atoms with Crippen LogP contribution in [0.15, 0.2) is 0 Å². The van der Waals surface area contributed by atoms with Crippen LogP contribution in [0, 0.1) is 0 Å². The van der Waals surface area contributed by atoms with Crippen LogP contribution in [-0.4, -0.2) is 24.0 Å². The second-order valence-corrected chi connectivity index (χ2v) is 4.19. The molecule has 1 fully saturated rings. The molecule has 0 aromatic heterocycles. The van der Waals surface area contributed by atoms with E-state index >= 15 is 0 Å². The third-order valence-corrected chi connectivity index (χ3v) is 2.62. The summed E-state index contributed by atoms with van der Waals surface area (Å²) in [7, 11) is 0. The van der Waals surface area contributed by atoms with Crippen LogP contribution < -0.4 is 0 Å². The first-order valence-electron chi connectivity index (χ1n) is 5.96. The summed E-state index contributed by atoms with van der Waals surface area (Å²) in [6, 6.07) is 0.769. The summed E-state index contributed by atoms with van der Waals surface area (Å²) in [5, 5.41) is 0. The topological polar surface area (TPSA) is 3.24 Å². The van der Waals surface area contributed by atoms with Gasteiger partial charge in [-0.15, -0.1) is 0 Å². The zero-order chi connectivity index (χ0) is 10.1. The lowest BCUT2D eigenvalue weighted by Crippen LogP contribution is -2.35. The molecule has 1 rings (SSSR count). The molecule has 1 aliphatic rings. The van der Waals surface area contributed by atoms with Gasteiger partial charge in [0, 0.05) is 6.04 Å². The molecule has 0 bridgehead atoms. The van der Waals surface area contributed by atoms with Crippen molar-refractivity contribution in [3.63, 3.8) is 0 Å². The van der Waals surface area contributed by atoms with Crippen LogP contribution in [0.3, 0.4) is 0 Å². The van der Waals surface area contributed by atoms with Crippen LogP contribution in [0.2, 0.25) is 0 Å². The molecule has 0 spiro atoms. The molecule has 1 nitrogen and oxygen atoms in total. The van der Waals surface area contributed by atoms with Crippen molar-refractivity contribution in [2.24, 2.45) is 0 Å². The maximum Gasteiger partial charge on any atom is 0.00385 e. The highest BCUT2D eigenvalue weighted by Crippen LogP contribution is 2.10. The fourth-order valence-electron chi connectivity index (χ4n) is 1.43. The van der Waals surface area contributed by atoms with E-state index in [0.717, 1.165) is 6.04 Å². The minimum atomic E-state index is 0.769. The Morgan fingerprint density at radius 1 is 0.923 bits per heavy atom. The highest BCUT2D eigenvalue weighted by molar-refractivity contribution is 4.67. The van der Waals surface area contributed by atoms with Crippen molar-refractivity contribution in [1.82, 2.24) is 4.90 Å². The fraction of sp³-hybridized carbons (Fsp3) is 1.00. The van der Waals surface area contributed by atoms with Crippen molar-refractivity contribution in [3.8, 4) is 0 Å². The molecule has 0 aromatic carbocycles. The van der Waals surface area contributed by atoms with Gasteiger partial charge in [-0.25, -0.2) is 0 Å². The van der Waals surface area contributed by atoms with Crippen molar-refractivity contribution < 1.29 is 0 Å². The first kappa shape index (κ1) is 13.0. The van der Waals surface area contributed by atoms with Crippen LogP contribution in [-0.2, 0) is 0 Å². The molecule has 1 saturated heterocycles. The van der Waals surface area contributed by atoms with E-state index in [1.54, 1.807) is 0 Å². The lowest BCUT2D eigenvalue weighted by Gasteiger charge is -2.29. The monoisotopic (exact) mass is 185 g/mol. The Balaban J connectivity index is 0.000000310. The first-order chi connectivity index (χ1) is 6.22. The molecule has 80 valence electrons. The molecular weight excluding hydrogens is 158 g/mol. The van der Waals surface area contributed by atoms with Gasteiger partial charge in [0.25, 0.3) is 0 Å². The molecule has 0 unspecified atom stereocenters. The van der Waals surface area contributed by atoms with Crippen molar-refractivity contribution in [2.75, 3.05) is 13.1 Å². The fourth-order valence-corrected chi connectivity index (χ4v) is 1.43. The van der Waals surface area contributed by atoms with Crippen LogP contribution in [0.25, 0.3) is 0 Å². The van der Waals surface area contributed by atoms with Gasteiger partial charge in [-0.3, -0.25) is 0 Å². The maximum atomic E-state index is 2.56. The minimum absolute atomic E-state index is 0.769. The summed E-state index contributed by atoms with van der Waals surface area (Å²) in [5.41, 5.74) is 0. The molecule has 1 heterocycles. The van der Waals surface area contributed by atoms with E-state index in [-0.39, 0.29) is 0 Å². The predicted octanol–water partition coefficient (Wildman–Crippen LogP) is 3.69. The Hall–Kier alpha value is -0.0400. The maximum absolute atomic E-state index is 2.56. The van der Waals surface area contributed by atoms with E-state index in [1.807, 2.05) is 0 Å². The number of likely N-dealkylation sites (tertiary alicyclic amines) is 1. The van der Waals surface area contributed by atoms with Crippen molar-refractivity contribution in [3.05, 3.63) is 0 Å². The molecule has 1 aliphatic heterocycles. The summed E-state index contributed by atoms with van der Waals surface area (Å²) in [6.45, 7) is 11.6. The smallest absolute Gasteiger partial charge is 0.00385 e. The van der Waals surface area contributed by atoms with Gasteiger partial charge in [0.1, 0.15) is 0 Å². The van der Waals surface area contributed by atoms with E-state index in [0.29, 0.717) is 0 Å². The Kier molecular flexibility index (Phi) is 8.53.